The third-order valence-electron chi connectivity index (χ3n) is 4.34. The van der Waals surface area contributed by atoms with Crippen molar-refractivity contribution in [3.8, 4) is 0 Å². The second-order valence-electron chi connectivity index (χ2n) is 6.02. The maximum atomic E-state index is 12.5. The molecule has 3 aromatic rings. The van der Waals surface area contributed by atoms with Crippen molar-refractivity contribution in [2.45, 2.75) is 0 Å². The van der Waals surface area contributed by atoms with Crippen molar-refractivity contribution >= 4 is 28.4 Å². The maximum Gasteiger partial charge on any atom is 0.276 e. The lowest BCUT2D eigenvalue weighted by atomic mass is 10.1. The number of rotatable bonds is 3. The molecule has 0 aliphatic carbocycles. The van der Waals surface area contributed by atoms with E-state index in [4.69, 9.17) is 0 Å². The molecule has 1 aromatic carbocycles. The molecule has 3 heterocycles. The first kappa shape index (κ1) is 15.5. The van der Waals surface area contributed by atoms with Gasteiger partial charge in [-0.25, -0.2) is 4.98 Å². The Hall–Kier alpha value is -3.07. The van der Waals surface area contributed by atoms with Crippen LogP contribution in [0.25, 0.3) is 10.9 Å². The molecule has 9 heteroatoms. The number of benzene rings is 1. The van der Waals surface area contributed by atoms with Crippen LogP contribution in [0.2, 0.25) is 0 Å². The third-order valence-corrected chi connectivity index (χ3v) is 4.34. The molecule has 9 nitrogen and oxygen atoms in total. The van der Waals surface area contributed by atoms with Crippen LogP contribution in [-0.2, 0) is 0 Å². The normalized spacial score (nSPS) is 15.5. The first-order chi connectivity index (χ1) is 12.2. The van der Waals surface area contributed by atoms with Gasteiger partial charge in [-0.2, -0.15) is 5.21 Å². The zero-order valence-corrected chi connectivity index (χ0v) is 13.8. The number of para-hydroxylation sites is 1. The van der Waals surface area contributed by atoms with E-state index >= 15 is 0 Å². The average molecular weight is 338 g/mol. The Morgan fingerprint density at radius 2 is 2.00 bits per heavy atom. The fraction of sp³-hybridized carbons (Fsp3) is 0.312. The van der Waals surface area contributed by atoms with Crippen LogP contribution in [0.4, 0.5) is 11.6 Å². The topological polar surface area (TPSA) is 103 Å². The van der Waals surface area contributed by atoms with Gasteiger partial charge in [0, 0.05) is 37.3 Å². The summed E-state index contributed by atoms with van der Waals surface area (Å²) < 4.78 is 0. The molecule has 1 aliphatic rings. The van der Waals surface area contributed by atoms with Gasteiger partial charge in [0.1, 0.15) is 5.69 Å². The van der Waals surface area contributed by atoms with Crippen molar-refractivity contribution in [1.29, 1.82) is 0 Å². The first-order valence-electron chi connectivity index (χ1n) is 8.09. The van der Waals surface area contributed by atoms with E-state index in [9.17, 15) is 4.79 Å². The Morgan fingerprint density at radius 3 is 2.76 bits per heavy atom. The minimum atomic E-state index is -0.359. The number of pyridine rings is 1. The summed E-state index contributed by atoms with van der Waals surface area (Å²) in [6, 6.07) is 9.70. The Labute approximate surface area is 144 Å². The predicted molar refractivity (Wildman–Crippen MR) is 93.6 cm³/mol. The van der Waals surface area contributed by atoms with Crippen LogP contribution in [0.5, 0.6) is 0 Å². The number of hydrogen-bond acceptors (Lipinski definition) is 7. The molecule has 4 rings (SSSR count). The lowest BCUT2D eigenvalue weighted by Crippen LogP contribution is -2.44. The van der Waals surface area contributed by atoms with Crippen molar-refractivity contribution < 1.29 is 4.79 Å². The Bertz CT molecular complexity index is 886. The molecule has 1 aliphatic heterocycles. The highest BCUT2D eigenvalue weighted by Crippen LogP contribution is 2.27. The van der Waals surface area contributed by atoms with Crippen molar-refractivity contribution in [3.05, 3.63) is 36.0 Å². The predicted octanol–water partition coefficient (Wildman–Crippen LogP) is 0.752. The largest absolute Gasteiger partial charge is 0.368 e. The highest BCUT2D eigenvalue weighted by atomic mass is 16.2. The Morgan fingerprint density at radius 1 is 1.20 bits per heavy atom. The van der Waals surface area contributed by atoms with E-state index in [-0.39, 0.29) is 11.9 Å². The first-order valence-corrected chi connectivity index (χ1v) is 8.09. The van der Waals surface area contributed by atoms with E-state index in [0.29, 0.717) is 5.69 Å². The number of hydrogen-bond donors (Lipinski definition) is 2. The van der Waals surface area contributed by atoms with Crippen molar-refractivity contribution in [3.63, 3.8) is 0 Å². The second kappa shape index (κ2) is 6.44. The molecular weight excluding hydrogens is 320 g/mol. The van der Waals surface area contributed by atoms with Gasteiger partial charge in [-0.05, 0) is 24.4 Å². The van der Waals surface area contributed by atoms with Gasteiger partial charge in [0.2, 0.25) is 0 Å². The van der Waals surface area contributed by atoms with Crippen LogP contribution in [0.1, 0.15) is 10.5 Å². The summed E-state index contributed by atoms with van der Waals surface area (Å²) in [5, 5.41) is 16.9. The highest BCUT2D eigenvalue weighted by molar-refractivity contribution is 6.05. The Balaban J connectivity index is 1.72. The van der Waals surface area contributed by atoms with Crippen LogP contribution in [0, 0.1) is 0 Å². The summed E-state index contributed by atoms with van der Waals surface area (Å²) in [6.07, 6.45) is 0. The summed E-state index contributed by atoms with van der Waals surface area (Å²) in [5.74, 6) is -0.233. The molecule has 2 aromatic heterocycles. The van der Waals surface area contributed by atoms with Gasteiger partial charge in [0.25, 0.3) is 11.9 Å². The molecule has 1 saturated heterocycles. The molecule has 0 spiro atoms. The van der Waals surface area contributed by atoms with Gasteiger partial charge in [-0.1, -0.05) is 23.3 Å². The van der Waals surface area contributed by atoms with Gasteiger partial charge in [0.15, 0.2) is 0 Å². The van der Waals surface area contributed by atoms with Gasteiger partial charge in [0.05, 0.1) is 5.52 Å². The SMILES string of the molecule is CN1CCN(c2cc(C(=O)Nc3nn[nH]n3)nc3ccccc23)CC1. The minimum Gasteiger partial charge on any atom is -0.368 e. The summed E-state index contributed by atoms with van der Waals surface area (Å²) in [4.78, 5) is 21.6. The molecule has 0 bridgehead atoms. The van der Waals surface area contributed by atoms with Crippen LogP contribution >= 0.6 is 0 Å². The lowest BCUT2D eigenvalue weighted by Gasteiger charge is -2.34. The molecule has 1 amide bonds. The molecule has 128 valence electrons. The summed E-state index contributed by atoms with van der Waals surface area (Å²) in [6.45, 7) is 3.80. The number of nitrogens with zero attached hydrogens (tertiary/aromatic N) is 6. The van der Waals surface area contributed by atoms with Crippen LogP contribution < -0.4 is 10.2 Å². The number of aromatic nitrogens is 5. The summed E-state index contributed by atoms with van der Waals surface area (Å²) in [7, 11) is 2.12. The van der Waals surface area contributed by atoms with Gasteiger partial charge < -0.3 is 9.80 Å². The average Bonchev–Trinajstić information content (AvgIpc) is 3.14. The molecule has 0 saturated carbocycles. The van der Waals surface area contributed by atoms with E-state index < -0.39 is 0 Å². The fourth-order valence-electron chi connectivity index (χ4n) is 2.96. The minimum absolute atomic E-state index is 0.126. The molecule has 0 radical (unpaired) electrons. The molecule has 2 N–H and O–H groups in total. The van der Waals surface area contributed by atoms with Crippen molar-refractivity contribution in [1.82, 2.24) is 30.5 Å². The number of tetrazole rings is 1. The van der Waals surface area contributed by atoms with Crippen molar-refractivity contribution in [2.24, 2.45) is 0 Å². The molecule has 25 heavy (non-hydrogen) atoms. The van der Waals surface area contributed by atoms with Gasteiger partial charge in [-0.3, -0.25) is 10.1 Å². The Kier molecular flexibility index (Phi) is 3.98. The fourth-order valence-corrected chi connectivity index (χ4v) is 2.96. The number of H-pyrrole nitrogens is 1. The highest BCUT2D eigenvalue weighted by Gasteiger charge is 2.20. The van der Waals surface area contributed by atoms with Gasteiger partial charge in [-0.15, -0.1) is 5.10 Å². The molecule has 1 fully saturated rings. The zero-order valence-electron chi connectivity index (χ0n) is 13.8. The number of aromatic amines is 1. The van der Waals surface area contributed by atoms with Crippen LogP contribution in [0.15, 0.2) is 30.3 Å². The standard InChI is InChI=1S/C16H18N8O/c1-23-6-8-24(9-7-23)14-10-13(15(25)18-16-19-21-22-20-16)17-12-5-3-2-4-11(12)14/h2-5,10H,6-9H2,1H3,(H2,18,19,20,21,22,25). The zero-order chi connectivity index (χ0) is 17.2. The van der Waals surface area contributed by atoms with Crippen LogP contribution in [-0.4, -0.2) is 69.6 Å². The number of piperazine rings is 1. The molecule has 0 unspecified atom stereocenters. The number of anilines is 2. The quantitative estimate of drug-likeness (QED) is 0.726. The number of amides is 1. The number of likely N-dealkylation sites (N-methyl/N-ethyl adjacent to an activating group) is 1. The number of carbonyl (C=O) groups is 1. The second-order valence-corrected chi connectivity index (χ2v) is 6.02. The smallest absolute Gasteiger partial charge is 0.276 e. The lowest BCUT2D eigenvalue weighted by molar-refractivity contribution is 0.102. The van der Waals surface area contributed by atoms with Crippen LogP contribution in [0.3, 0.4) is 0 Å². The van der Waals surface area contributed by atoms with E-state index in [0.717, 1.165) is 42.8 Å². The van der Waals surface area contributed by atoms with E-state index in [1.165, 1.54) is 0 Å². The summed E-state index contributed by atoms with van der Waals surface area (Å²) >= 11 is 0. The number of carbonyl (C=O) groups excluding carboxylic acids is 1. The maximum absolute atomic E-state index is 12.5. The van der Waals surface area contributed by atoms with E-state index in [1.54, 1.807) is 0 Å². The molecule has 0 atom stereocenters. The van der Waals surface area contributed by atoms with Crippen molar-refractivity contribution in [2.75, 3.05) is 43.4 Å². The van der Waals surface area contributed by atoms with E-state index in [1.807, 2.05) is 30.3 Å². The third kappa shape index (κ3) is 3.13. The number of nitrogens with one attached hydrogen (secondary N) is 2. The summed E-state index contributed by atoms with van der Waals surface area (Å²) in [5.41, 5.74) is 2.14. The molecular formula is C16H18N8O. The monoisotopic (exact) mass is 338 g/mol. The van der Waals surface area contributed by atoms with E-state index in [2.05, 4.69) is 47.8 Å². The number of fused-ring (bicyclic) bond motifs is 1. The van der Waals surface area contributed by atoms with Gasteiger partial charge >= 0.3 is 0 Å².